The fourth-order valence-corrected chi connectivity index (χ4v) is 1.53. The zero-order valence-electron chi connectivity index (χ0n) is 9.66. The number of hydrogen-bond donors (Lipinski definition) is 1. The predicted molar refractivity (Wildman–Crippen MR) is 65.5 cm³/mol. The number of aryl methyl sites for hydroxylation is 1. The number of pyridine rings is 1. The van der Waals surface area contributed by atoms with Gasteiger partial charge in [0.1, 0.15) is 5.88 Å². The van der Waals surface area contributed by atoms with E-state index in [0.717, 1.165) is 18.5 Å². The highest BCUT2D eigenvalue weighted by Crippen LogP contribution is 2.12. The number of aromatic nitrogens is 1. The second-order valence-corrected chi connectivity index (χ2v) is 4.65. The van der Waals surface area contributed by atoms with E-state index in [-0.39, 0.29) is 17.3 Å². The Hall–Kier alpha value is -1.09. The Bertz CT molecular complexity index is 338. The van der Waals surface area contributed by atoms with Crippen LogP contribution in [0.15, 0.2) is 24.4 Å². The maximum Gasteiger partial charge on any atom is 0.235 e. The minimum absolute atomic E-state index is 0.00696. The highest BCUT2D eigenvalue weighted by Gasteiger charge is 2.19. The summed E-state index contributed by atoms with van der Waals surface area (Å²) in [5.74, 6) is -0.125. The van der Waals surface area contributed by atoms with Gasteiger partial charge in [0, 0.05) is 17.4 Å². The van der Waals surface area contributed by atoms with Gasteiger partial charge < -0.3 is 5.32 Å². The Balaban J connectivity index is 2.44. The van der Waals surface area contributed by atoms with Gasteiger partial charge in [0.15, 0.2) is 0 Å². The lowest BCUT2D eigenvalue weighted by molar-refractivity contribution is -0.120. The van der Waals surface area contributed by atoms with Crippen LogP contribution in [0.3, 0.4) is 0 Å². The first kappa shape index (κ1) is 13.0. The van der Waals surface area contributed by atoms with Crippen LogP contribution in [0.5, 0.6) is 0 Å². The fraction of sp³-hybridized carbons (Fsp3) is 0.500. The van der Waals surface area contributed by atoms with Crippen LogP contribution in [-0.2, 0) is 11.2 Å². The molecule has 0 bridgehead atoms. The molecule has 0 aliphatic heterocycles. The molecule has 1 amide bonds. The van der Waals surface area contributed by atoms with Crippen LogP contribution < -0.4 is 5.32 Å². The number of amides is 1. The smallest absolute Gasteiger partial charge is 0.235 e. The van der Waals surface area contributed by atoms with Crippen molar-refractivity contribution in [1.82, 2.24) is 10.3 Å². The highest BCUT2D eigenvalue weighted by molar-refractivity contribution is 6.27. The van der Waals surface area contributed by atoms with Crippen molar-refractivity contribution in [3.8, 4) is 0 Å². The van der Waals surface area contributed by atoms with E-state index in [4.69, 9.17) is 11.6 Å². The summed E-state index contributed by atoms with van der Waals surface area (Å²) in [4.78, 5) is 15.4. The van der Waals surface area contributed by atoms with E-state index in [1.54, 1.807) is 6.20 Å². The van der Waals surface area contributed by atoms with Gasteiger partial charge in [-0.3, -0.25) is 9.78 Å². The number of halogens is 1. The normalized spacial score (nSPS) is 11.2. The Morgan fingerprint density at radius 2 is 2.25 bits per heavy atom. The first-order valence-corrected chi connectivity index (χ1v) is 5.84. The van der Waals surface area contributed by atoms with Gasteiger partial charge in [0.25, 0.3) is 0 Å². The van der Waals surface area contributed by atoms with E-state index in [2.05, 4.69) is 10.3 Å². The van der Waals surface area contributed by atoms with Gasteiger partial charge in [-0.25, -0.2) is 0 Å². The molecule has 4 heteroatoms. The molecule has 1 rings (SSSR count). The van der Waals surface area contributed by atoms with E-state index in [1.165, 1.54) is 0 Å². The van der Waals surface area contributed by atoms with Crippen molar-refractivity contribution in [3.05, 3.63) is 30.1 Å². The molecule has 0 fully saturated rings. The first-order chi connectivity index (χ1) is 7.53. The number of carbonyl (C=O) groups is 1. The topological polar surface area (TPSA) is 42.0 Å². The lowest BCUT2D eigenvalue weighted by atomic mass is 9.97. The molecule has 0 unspecified atom stereocenters. The molecule has 88 valence electrons. The molecular weight excluding hydrogens is 224 g/mol. The second kappa shape index (κ2) is 5.85. The summed E-state index contributed by atoms with van der Waals surface area (Å²) in [6, 6.07) is 5.84. The number of nitrogens with one attached hydrogen (secondary N) is 1. The zero-order valence-corrected chi connectivity index (χ0v) is 10.4. The quantitative estimate of drug-likeness (QED) is 0.802. The van der Waals surface area contributed by atoms with Crippen LogP contribution in [0.2, 0.25) is 0 Å². The third-order valence-electron chi connectivity index (χ3n) is 2.33. The van der Waals surface area contributed by atoms with Gasteiger partial charge in [-0.05, 0) is 38.8 Å². The Labute approximate surface area is 101 Å². The molecule has 1 aromatic heterocycles. The number of rotatable bonds is 5. The van der Waals surface area contributed by atoms with Gasteiger partial charge in [-0.15, -0.1) is 11.6 Å². The van der Waals surface area contributed by atoms with Crippen molar-refractivity contribution in [2.75, 3.05) is 5.88 Å². The average molecular weight is 241 g/mol. The molecular formula is C12H17ClN2O. The van der Waals surface area contributed by atoms with E-state index in [9.17, 15) is 4.79 Å². The SMILES string of the molecule is CC(C)(CCc1ccccn1)NC(=O)CCl. The summed E-state index contributed by atoms with van der Waals surface area (Å²) in [7, 11) is 0. The van der Waals surface area contributed by atoms with Crippen LogP contribution in [0.1, 0.15) is 26.0 Å². The number of hydrogen-bond acceptors (Lipinski definition) is 2. The van der Waals surface area contributed by atoms with Gasteiger partial charge in [-0.2, -0.15) is 0 Å². The zero-order chi connectivity index (χ0) is 12.0. The molecule has 3 nitrogen and oxygen atoms in total. The third-order valence-corrected chi connectivity index (χ3v) is 2.57. The molecule has 0 aliphatic carbocycles. The van der Waals surface area contributed by atoms with Gasteiger partial charge in [-0.1, -0.05) is 6.07 Å². The molecule has 16 heavy (non-hydrogen) atoms. The third kappa shape index (κ3) is 4.62. The molecule has 0 atom stereocenters. The summed E-state index contributed by atoms with van der Waals surface area (Å²) < 4.78 is 0. The molecule has 0 saturated heterocycles. The van der Waals surface area contributed by atoms with E-state index < -0.39 is 0 Å². The predicted octanol–water partition coefficient (Wildman–Crippen LogP) is 2.15. The fourth-order valence-electron chi connectivity index (χ4n) is 1.46. The maximum absolute atomic E-state index is 11.2. The molecule has 1 heterocycles. The van der Waals surface area contributed by atoms with Crippen molar-refractivity contribution >= 4 is 17.5 Å². The lowest BCUT2D eigenvalue weighted by Gasteiger charge is -2.25. The summed E-state index contributed by atoms with van der Waals surface area (Å²) in [6.45, 7) is 3.97. The van der Waals surface area contributed by atoms with E-state index >= 15 is 0 Å². The van der Waals surface area contributed by atoms with Crippen molar-refractivity contribution < 1.29 is 4.79 Å². The molecule has 0 saturated carbocycles. The molecule has 0 radical (unpaired) electrons. The second-order valence-electron chi connectivity index (χ2n) is 4.39. The van der Waals surface area contributed by atoms with Gasteiger partial charge >= 0.3 is 0 Å². The van der Waals surface area contributed by atoms with Crippen molar-refractivity contribution in [2.45, 2.75) is 32.2 Å². The summed E-state index contributed by atoms with van der Waals surface area (Å²) in [5.41, 5.74) is 0.791. The molecule has 0 aliphatic rings. The lowest BCUT2D eigenvalue weighted by Crippen LogP contribution is -2.44. The highest BCUT2D eigenvalue weighted by atomic mass is 35.5. The Morgan fingerprint density at radius 1 is 1.50 bits per heavy atom. The Kier molecular flexibility index (Phi) is 4.74. The van der Waals surface area contributed by atoms with Crippen LogP contribution >= 0.6 is 11.6 Å². The molecule has 0 spiro atoms. The number of nitrogens with zero attached hydrogens (tertiary/aromatic N) is 1. The molecule has 1 aromatic rings. The summed E-state index contributed by atoms with van der Waals surface area (Å²) in [5, 5.41) is 2.88. The number of carbonyl (C=O) groups excluding carboxylic acids is 1. The van der Waals surface area contributed by atoms with Crippen LogP contribution in [-0.4, -0.2) is 22.3 Å². The van der Waals surface area contributed by atoms with Crippen LogP contribution in [0.4, 0.5) is 0 Å². The van der Waals surface area contributed by atoms with Crippen molar-refractivity contribution in [3.63, 3.8) is 0 Å². The first-order valence-electron chi connectivity index (χ1n) is 5.30. The largest absolute Gasteiger partial charge is 0.350 e. The summed E-state index contributed by atoms with van der Waals surface area (Å²) in [6.07, 6.45) is 3.46. The average Bonchev–Trinajstić information content (AvgIpc) is 2.27. The molecule has 1 N–H and O–H groups in total. The van der Waals surface area contributed by atoms with Gasteiger partial charge in [0.05, 0.1) is 0 Å². The van der Waals surface area contributed by atoms with E-state index in [1.807, 2.05) is 32.0 Å². The minimum Gasteiger partial charge on any atom is -0.350 e. The van der Waals surface area contributed by atoms with Crippen LogP contribution in [0.25, 0.3) is 0 Å². The van der Waals surface area contributed by atoms with E-state index in [0.29, 0.717) is 0 Å². The van der Waals surface area contributed by atoms with Crippen molar-refractivity contribution in [1.29, 1.82) is 0 Å². The minimum atomic E-state index is -0.247. The summed E-state index contributed by atoms with van der Waals surface area (Å²) >= 11 is 5.45. The van der Waals surface area contributed by atoms with Crippen molar-refractivity contribution in [2.24, 2.45) is 0 Å². The monoisotopic (exact) mass is 240 g/mol. The number of alkyl halides is 1. The Morgan fingerprint density at radius 3 is 2.81 bits per heavy atom. The molecule has 0 aromatic carbocycles. The van der Waals surface area contributed by atoms with Crippen LogP contribution in [0, 0.1) is 0 Å². The standard InChI is InChI=1S/C12H17ClN2O/c1-12(2,15-11(16)9-13)7-6-10-5-3-4-8-14-10/h3-5,8H,6-7,9H2,1-2H3,(H,15,16). The maximum atomic E-state index is 11.2. The van der Waals surface area contributed by atoms with Gasteiger partial charge in [0.2, 0.25) is 5.91 Å².